The first-order valence-electron chi connectivity index (χ1n) is 6.24. The number of para-hydroxylation sites is 1. The van der Waals surface area contributed by atoms with Crippen molar-refractivity contribution < 1.29 is 27.9 Å². The fourth-order valence-electron chi connectivity index (χ4n) is 2.31. The largest absolute Gasteiger partial charge is 0.491 e. The Morgan fingerprint density at radius 2 is 1.62 bits per heavy atom. The summed E-state index contributed by atoms with van der Waals surface area (Å²) < 4.78 is 39.5. The Labute approximate surface area is 118 Å². The summed E-state index contributed by atoms with van der Waals surface area (Å²) in [6.45, 7) is 0. The van der Waals surface area contributed by atoms with Crippen LogP contribution in [0.2, 0.25) is 0 Å². The van der Waals surface area contributed by atoms with Crippen LogP contribution in [-0.4, -0.2) is 23.3 Å². The van der Waals surface area contributed by atoms with Gasteiger partial charge in [0.25, 0.3) is 5.91 Å². The summed E-state index contributed by atoms with van der Waals surface area (Å²) in [5.74, 6) is -2.66. The van der Waals surface area contributed by atoms with Crippen LogP contribution >= 0.6 is 0 Å². The number of amides is 1. The molecule has 0 heterocycles. The van der Waals surface area contributed by atoms with Gasteiger partial charge in [-0.2, -0.15) is 0 Å². The molecule has 0 spiro atoms. The normalized spacial score (nSPS) is 15.2. The van der Waals surface area contributed by atoms with Crippen molar-refractivity contribution in [1.29, 1.82) is 0 Å². The van der Waals surface area contributed by atoms with E-state index in [2.05, 4.69) is 0 Å². The molecule has 1 aliphatic carbocycles. The van der Waals surface area contributed by atoms with Crippen LogP contribution in [0, 0.1) is 0 Å². The van der Waals surface area contributed by atoms with Crippen molar-refractivity contribution in [3.63, 3.8) is 0 Å². The van der Waals surface area contributed by atoms with Crippen molar-refractivity contribution in [3.8, 4) is 0 Å². The molecule has 0 radical (unpaired) electrons. The summed E-state index contributed by atoms with van der Waals surface area (Å²) in [6, 6.07) is 6.59. The molecule has 1 amide bonds. The lowest BCUT2D eigenvalue weighted by atomic mass is 10.1. The molecule has 21 heavy (non-hydrogen) atoms. The van der Waals surface area contributed by atoms with Gasteiger partial charge in [0.15, 0.2) is 0 Å². The van der Waals surface area contributed by atoms with E-state index in [0.29, 0.717) is 6.42 Å². The first-order chi connectivity index (χ1) is 9.82. The fourth-order valence-corrected chi connectivity index (χ4v) is 2.31. The highest BCUT2D eigenvalue weighted by atomic mass is 19.4. The van der Waals surface area contributed by atoms with Crippen LogP contribution in [0.3, 0.4) is 0 Å². The minimum absolute atomic E-state index is 0.0415. The first kappa shape index (κ1) is 15.1. The van der Waals surface area contributed by atoms with E-state index >= 15 is 0 Å². The molecule has 7 heteroatoms. The van der Waals surface area contributed by atoms with Crippen LogP contribution in [-0.2, 0) is 9.59 Å². The zero-order valence-corrected chi connectivity index (χ0v) is 10.9. The van der Waals surface area contributed by atoms with Crippen LogP contribution in [0.15, 0.2) is 41.5 Å². The minimum atomic E-state index is -4.92. The van der Waals surface area contributed by atoms with Gasteiger partial charge in [0.1, 0.15) is 0 Å². The van der Waals surface area contributed by atoms with Gasteiger partial charge in [-0.3, -0.25) is 4.79 Å². The van der Waals surface area contributed by atoms with Crippen molar-refractivity contribution in [2.45, 2.75) is 25.6 Å². The monoisotopic (exact) mass is 299 g/mol. The van der Waals surface area contributed by atoms with E-state index in [0.717, 1.165) is 12.1 Å². The third-order valence-electron chi connectivity index (χ3n) is 3.21. The van der Waals surface area contributed by atoms with E-state index in [1.54, 1.807) is 0 Å². The fraction of sp³-hybridized carbons (Fsp3) is 0.286. The third-order valence-corrected chi connectivity index (χ3v) is 3.21. The molecule has 0 bridgehead atoms. The number of aliphatic carboxylic acids is 1. The zero-order chi connectivity index (χ0) is 15.6. The zero-order valence-electron chi connectivity index (χ0n) is 10.9. The summed E-state index contributed by atoms with van der Waals surface area (Å²) >= 11 is 0. The number of hydrogen-bond acceptors (Lipinski definition) is 2. The SMILES string of the molecule is O=C(O)C1=C(C(=O)N(c2ccccc2)C(F)(F)F)CCC1. The number of anilines is 1. The molecule has 0 saturated heterocycles. The number of carbonyl (C=O) groups is 2. The molecule has 0 atom stereocenters. The van der Waals surface area contributed by atoms with Gasteiger partial charge in [0.2, 0.25) is 0 Å². The van der Waals surface area contributed by atoms with Crippen LogP contribution in [0.4, 0.5) is 18.9 Å². The Bertz CT molecular complexity index is 593. The number of carboxylic acids is 1. The van der Waals surface area contributed by atoms with E-state index in [9.17, 15) is 22.8 Å². The predicted octanol–water partition coefficient (Wildman–Crippen LogP) is 3.10. The third kappa shape index (κ3) is 3.07. The lowest BCUT2D eigenvalue weighted by Gasteiger charge is -2.25. The number of alkyl halides is 3. The Morgan fingerprint density at radius 3 is 2.14 bits per heavy atom. The summed E-state index contributed by atoms with van der Waals surface area (Å²) in [6.07, 6.45) is -4.41. The summed E-state index contributed by atoms with van der Waals surface area (Å²) in [7, 11) is 0. The quantitative estimate of drug-likeness (QED) is 0.872. The van der Waals surface area contributed by atoms with Gasteiger partial charge in [-0.1, -0.05) is 18.2 Å². The second-order valence-corrected chi connectivity index (χ2v) is 4.56. The highest BCUT2D eigenvalue weighted by Gasteiger charge is 2.44. The van der Waals surface area contributed by atoms with Crippen molar-refractivity contribution in [2.75, 3.05) is 4.90 Å². The molecule has 1 aromatic rings. The minimum Gasteiger partial charge on any atom is -0.478 e. The average Bonchev–Trinajstić information content (AvgIpc) is 2.87. The van der Waals surface area contributed by atoms with Gasteiger partial charge < -0.3 is 5.11 Å². The van der Waals surface area contributed by atoms with Gasteiger partial charge >= 0.3 is 12.3 Å². The molecule has 0 aliphatic heterocycles. The van der Waals surface area contributed by atoms with E-state index in [-0.39, 0.29) is 34.6 Å². The van der Waals surface area contributed by atoms with Gasteiger partial charge in [-0.25, -0.2) is 9.69 Å². The van der Waals surface area contributed by atoms with Crippen LogP contribution in [0.5, 0.6) is 0 Å². The molecule has 0 unspecified atom stereocenters. The van der Waals surface area contributed by atoms with Crippen molar-refractivity contribution in [2.24, 2.45) is 0 Å². The highest BCUT2D eigenvalue weighted by molar-refractivity contribution is 6.10. The number of halogens is 3. The maximum absolute atomic E-state index is 13.2. The lowest BCUT2D eigenvalue weighted by molar-refractivity contribution is -0.148. The van der Waals surface area contributed by atoms with Gasteiger partial charge in [0.05, 0.1) is 5.69 Å². The molecule has 0 fully saturated rings. The molecule has 2 rings (SSSR count). The molecule has 1 aliphatic rings. The number of carboxylic acid groups (broad SMARTS) is 1. The van der Waals surface area contributed by atoms with Crippen molar-refractivity contribution >= 4 is 17.6 Å². The second-order valence-electron chi connectivity index (χ2n) is 4.56. The number of benzene rings is 1. The lowest BCUT2D eigenvalue weighted by Crippen LogP contribution is -2.44. The Hall–Kier alpha value is -2.31. The number of hydrogen-bond donors (Lipinski definition) is 1. The Balaban J connectivity index is 2.46. The molecule has 4 nitrogen and oxygen atoms in total. The number of rotatable bonds is 3. The predicted molar refractivity (Wildman–Crippen MR) is 68.5 cm³/mol. The van der Waals surface area contributed by atoms with E-state index in [1.807, 2.05) is 0 Å². The maximum Gasteiger partial charge on any atom is 0.491 e. The van der Waals surface area contributed by atoms with Gasteiger partial charge in [-0.05, 0) is 31.4 Å². The smallest absolute Gasteiger partial charge is 0.478 e. The van der Waals surface area contributed by atoms with E-state index < -0.39 is 18.2 Å². The van der Waals surface area contributed by atoms with Crippen LogP contribution in [0.1, 0.15) is 19.3 Å². The van der Waals surface area contributed by atoms with Crippen LogP contribution in [0.25, 0.3) is 0 Å². The average molecular weight is 299 g/mol. The number of carbonyl (C=O) groups excluding carboxylic acids is 1. The molecule has 0 saturated carbocycles. The Morgan fingerprint density at radius 1 is 1.05 bits per heavy atom. The summed E-state index contributed by atoms with van der Waals surface area (Å²) in [5, 5.41) is 8.98. The van der Waals surface area contributed by atoms with Gasteiger partial charge in [0, 0.05) is 11.1 Å². The summed E-state index contributed by atoms with van der Waals surface area (Å²) in [4.78, 5) is 22.9. The second kappa shape index (κ2) is 5.59. The molecular formula is C14H12F3NO3. The molecule has 112 valence electrons. The van der Waals surface area contributed by atoms with Crippen LogP contribution < -0.4 is 4.90 Å². The van der Waals surface area contributed by atoms with Gasteiger partial charge in [-0.15, -0.1) is 13.2 Å². The van der Waals surface area contributed by atoms with Crippen molar-refractivity contribution in [1.82, 2.24) is 0 Å². The van der Waals surface area contributed by atoms with Crippen molar-refractivity contribution in [3.05, 3.63) is 41.5 Å². The maximum atomic E-state index is 13.2. The Kier molecular flexibility index (Phi) is 4.02. The molecule has 1 aromatic carbocycles. The number of nitrogens with zero attached hydrogens (tertiary/aromatic N) is 1. The highest BCUT2D eigenvalue weighted by Crippen LogP contribution is 2.34. The summed E-state index contributed by atoms with van der Waals surface area (Å²) in [5.41, 5.74) is -0.840. The molecule has 1 N–H and O–H groups in total. The standard InChI is InChI=1S/C14H12F3NO3/c15-14(16,17)18(9-5-2-1-3-6-9)12(19)10-7-4-8-11(10)13(20)21/h1-3,5-6H,4,7-8H2,(H,20,21). The molecule has 0 aromatic heterocycles. The molecular weight excluding hydrogens is 287 g/mol. The first-order valence-corrected chi connectivity index (χ1v) is 6.24. The topological polar surface area (TPSA) is 57.6 Å². The van der Waals surface area contributed by atoms with E-state index in [4.69, 9.17) is 5.11 Å². The van der Waals surface area contributed by atoms with E-state index in [1.165, 1.54) is 18.2 Å².